The second-order valence-electron chi connectivity index (χ2n) is 5.09. The van der Waals surface area contributed by atoms with Gasteiger partial charge in [-0.05, 0) is 12.1 Å². The molecular weight excluding hydrogens is 336 g/mol. The van der Waals surface area contributed by atoms with Crippen LogP contribution >= 0.6 is 11.6 Å². The van der Waals surface area contributed by atoms with Crippen LogP contribution in [0.5, 0.6) is 0 Å². The predicted octanol–water partition coefficient (Wildman–Crippen LogP) is 0.755. The number of urea groups is 1. The summed E-state index contributed by atoms with van der Waals surface area (Å²) in [4.78, 5) is 49.6. The lowest BCUT2D eigenvalue weighted by Crippen LogP contribution is -2.59. The number of hydrazine groups is 1. The highest BCUT2D eigenvalue weighted by Gasteiger charge is 2.44. The summed E-state index contributed by atoms with van der Waals surface area (Å²) in [5, 5.41) is 0.247. The van der Waals surface area contributed by atoms with Crippen molar-refractivity contribution in [1.29, 1.82) is 0 Å². The van der Waals surface area contributed by atoms with E-state index >= 15 is 0 Å². The van der Waals surface area contributed by atoms with E-state index in [4.69, 9.17) is 11.6 Å². The Morgan fingerprint density at radius 1 is 1.08 bits per heavy atom. The van der Waals surface area contributed by atoms with Gasteiger partial charge in [-0.2, -0.15) is 0 Å². The first-order chi connectivity index (χ1) is 11.3. The fourth-order valence-corrected chi connectivity index (χ4v) is 2.35. The number of nitrogens with zero attached hydrogens (tertiary/aromatic N) is 2. The number of amides is 5. The van der Waals surface area contributed by atoms with Crippen molar-refractivity contribution < 1.29 is 19.2 Å². The van der Waals surface area contributed by atoms with Crippen LogP contribution in [0.1, 0.15) is 10.4 Å². The van der Waals surface area contributed by atoms with E-state index in [1.807, 2.05) is 0 Å². The van der Waals surface area contributed by atoms with Crippen molar-refractivity contribution in [3.8, 4) is 0 Å². The summed E-state index contributed by atoms with van der Waals surface area (Å²) in [6, 6.07) is 5.65. The van der Waals surface area contributed by atoms with Gasteiger partial charge in [-0.25, -0.2) is 4.79 Å². The van der Waals surface area contributed by atoms with Gasteiger partial charge in [0.1, 0.15) is 0 Å². The van der Waals surface area contributed by atoms with Gasteiger partial charge in [-0.1, -0.05) is 30.3 Å². The van der Waals surface area contributed by atoms with Crippen LogP contribution in [-0.4, -0.2) is 47.6 Å². The zero-order chi connectivity index (χ0) is 18.0. The van der Waals surface area contributed by atoms with Crippen LogP contribution in [0.15, 0.2) is 36.5 Å². The molecule has 5 amide bonds. The molecule has 2 rings (SSSR count). The maximum Gasteiger partial charge on any atom is 0.332 e. The van der Waals surface area contributed by atoms with E-state index in [0.29, 0.717) is 0 Å². The second-order valence-corrected chi connectivity index (χ2v) is 5.50. The number of imide groups is 2. The molecule has 8 nitrogen and oxygen atoms in total. The molecule has 0 atom stereocenters. The van der Waals surface area contributed by atoms with E-state index in [9.17, 15) is 19.2 Å². The minimum Gasteiger partial charge on any atom is -0.302 e. The van der Waals surface area contributed by atoms with Crippen LogP contribution in [0.3, 0.4) is 0 Å². The summed E-state index contributed by atoms with van der Waals surface area (Å²) < 4.78 is 0. The fourth-order valence-electron chi connectivity index (χ4n) is 2.13. The summed E-state index contributed by atoms with van der Waals surface area (Å²) >= 11 is 5.91. The molecular formula is C15H15ClN4O4. The van der Waals surface area contributed by atoms with E-state index in [0.717, 1.165) is 9.80 Å². The zero-order valence-electron chi connectivity index (χ0n) is 13.0. The average molecular weight is 351 g/mol. The molecule has 1 fully saturated rings. The molecule has 1 aromatic rings. The first-order valence-electron chi connectivity index (χ1n) is 6.84. The standard InChI is InChI=1S/C15H15ClN4O4/c1-8(11-13(22)19(2)15(24)20(3)14(11)23)17-18-12(21)9-6-4-5-7-10(9)16/h4-7,11,17H,1H2,2-3H3,(H,18,21). The van der Waals surface area contributed by atoms with E-state index in [1.165, 1.54) is 20.2 Å². The molecule has 126 valence electrons. The maximum absolute atomic E-state index is 12.1. The van der Waals surface area contributed by atoms with Crippen molar-refractivity contribution >= 4 is 35.4 Å². The fraction of sp³-hybridized carbons (Fsp3) is 0.200. The topological polar surface area (TPSA) is 98.8 Å². The molecule has 2 N–H and O–H groups in total. The normalized spacial score (nSPS) is 15.5. The maximum atomic E-state index is 12.1. The Bertz CT molecular complexity index is 725. The lowest BCUT2D eigenvalue weighted by atomic mass is 10.0. The summed E-state index contributed by atoms with van der Waals surface area (Å²) in [7, 11) is 2.52. The molecule has 0 saturated carbocycles. The van der Waals surface area contributed by atoms with E-state index in [-0.39, 0.29) is 16.3 Å². The van der Waals surface area contributed by atoms with Gasteiger partial charge in [0.2, 0.25) is 11.8 Å². The molecule has 1 aliphatic rings. The molecule has 0 spiro atoms. The van der Waals surface area contributed by atoms with Gasteiger partial charge in [0.25, 0.3) is 5.91 Å². The van der Waals surface area contributed by atoms with Crippen molar-refractivity contribution in [2.24, 2.45) is 5.92 Å². The number of hydrogen-bond acceptors (Lipinski definition) is 5. The summed E-state index contributed by atoms with van der Waals surface area (Å²) in [5.74, 6) is -3.33. The smallest absolute Gasteiger partial charge is 0.302 e. The van der Waals surface area contributed by atoms with Crippen molar-refractivity contribution in [2.45, 2.75) is 0 Å². The summed E-state index contributed by atoms with van der Waals surface area (Å²) in [6.45, 7) is 3.60. The number of barbiturate groups is 1. The van der Waals surface area contributed by atoms with Gasteiger partial charge in [-0.15, -0.1) is 0 Å². The number of nitrogens with one attached hydrogen (secondary N) is 2. The number of benzene rings is 1. The van der Waals surface area contributed by atoms with Gasteiger partial charge in [0, 0.05) is 19.8 Å². The van der Waals surface area contributed by atoms with Gasteiger partial charge < -0.3 is 5.43 Å². The Morgan fingerprint density at radius 3 is 2.17 bits per heavy atom. The Hall–Kier alpha value is -2.87. The first kappa shape index (κ1) is 17.5. The van der Waals surface area contributed by atoms with E-state index < -0.39 is 29.7 Å². The number of carbonyl (C=O) groups excluding carboxylic acids is 4. The quantitative estimate of drug-likeness (QED) is 0.617. The highest BCUT2D eigenvalue weighted by molar-refractivity contribution is 6.33. The molecule has 0 aliphatic carbocycles. The highest BCUT2D eigenvalue weighted by atomic mass is 35.5. The third kappa shape index (κ3) is 3.09. The van der Waals surface area contributed by atoms with E-state index in [1.54, 1.807) is 18.2 Å². The molecule has 0 aromatic heterocycles. The number of hydrogen-bond donors (Lipinski definition) is 2. The first-order valence-corrected chi connectivity index (χ1v) is 7.22. The van der Waals surface area contributed by atoms with Crippen LogP contribution < -0.4 is 10.9 Å². The largest absolute Gasteiger partial charge is 0.332 e. The van der Waals surface area contributed by atoms with Crippen LogP contribution in [-0.2, 0) is 9.59 Å². The lowest BCUT2D eigenvalue weighted by Gasteiger charge is -2.33. The number of rotatable bonds is 4. The monoisotopic (exact) mass is 350 g/mol. The van der Waals surface area contributed by atoms with Crippen molar-refractivity contribution in [1.82, 2.24) is 20.7 Å². The van der Waals surface area contributed by atoms with Gasteiger partial charge in [-0.3, -0.25) is 29.6 Å². The Morgan fingerprint density at radius 2 is 1.62 bits per heavy atom. The van der Waals surface area contributed by atoms with Crippen LogP contribution in [0.2, 0.25) is 5.02 Å². The molecule has 1 aliphatic heterocycles. The predicted molar refractivity (Wildman–Crippen MR) is 85.6 cm³/mol. The Labute approximate surface area is 143 Å². The van der Waals surface area contributed by atoms with E-state index in [2.05, 4.69) is 17.4 Å². The summed E-state index contributed by atoms with van der Waals surface area (Å²) in [6.07, 6.45) is 0. The molecule has 0 unspecified atom stereocenters. The minimum absolute atomic E-state index is 0.0587. The minimum atomic E-state index is -1.32. The number of carbonyl (C=O) groups is 4. The van der Waals surface area contributed by atoms with Crippen LogP contribution in [0.4, 0.5) is 4.79 Å². The third-order valence-corrected chi connectivity index (χ3v) is 3.86. The average Bonchev–Trinajstić information content (AvgIpc) is 2.56. The molecule has 1 aromatic carbocycles. The SMILES string of the molecule is C=C(NNC(=O)c1ccccc1Cl)C1C(=O)N(C)C(=O)N(C)C1=O. The second kappa shape index (κ2) is 6.71. The molecule has 9 heteroatoms. The summed E-state index contributed by atoms with van der Waals surface area (Å²) in [5.41, 5.74) is 4.91. The van der Waals surface area contributed by atoms with Gasteiger partial charge >= 0.3 is 6.03 Å². The molecule has 1 saturated heterocycles. The van der Waals surface area contributed by atoms with Crippen LogP contribution in [0, 0.1) is 5.92 Å². The Kier molecular flexibility index (Phi) is 4.89. The molecule has 0 bridgehead atoms. The molecule has 1 heterocycles. The number of halogens is 1. The zero-order valence-corrected chi connectivity index (χ0v) is 13.8. The van der Waals surface area contributed by atoms with Crippen molar-refractivity contribution in [3.63, 3.8) is 0 Å². The molecule has 24 heavy (non-hydrogen) atoms. The highest BCUT2D eigenvalue weighted by Crippen LogP contribution is 2.20. The Balaban J connectivity index is 2.08. The third-order valence-electron chi connectivity index (χ3n) is 3.53. The molecule has 0 radical (unpaired) electrons. The van der Waals surface area contributed by atoms with Crippen LogP contribution in [0.25, 0.3) is 0 Å². The van der Waals surface area contributed by atoms with Gasteiger partial charge in [0.15, 0.2) is 5.92 Å². The van der Waals surface area contributed by atoms with Crippen molar-refractivity contribution in [3.05, 3.63) is 47.1 Å². The lowest BCUT2D eigenvalue weighted by molar-refractivity contribution is -0.145. The van der Waals surface area contributed by atoms with Gasteiger partial charge in [0.05, 0.1) is 10.6 Å². The van der Waals surface area contributed by atoms with Crippen molar-refractivity contribution in [2.75, 3.05) is 14.1 Å².